The Bertz CT molecular complexity index is 790. The number of nitrogens with one attached hydrogen (secondary N) is 1. The van der Waals surface area contributed by atoms with Crippen LogP contribution in [0.5, 0.6) is 5.75 Å². The zero-order chi connectivity index (χ0) is 17.8. The number of thioether (sulfide) groups is 1. The summed E-state index contributed by atoms with van der Waals surface area (Å²) in [6.45, 7) is 3.08. The molecular formula is C19H20N2O3S. The molecule has 2 aromatic carbocycles. The Hall–Kier alpha value is -2.47. The second kappa shape index (κ2) is 7.61. The van der Waals surface area contributed by atoms with Gasteiger partial charge in [0.25, 0.3) is 5.91 Å². The minimum absolute atomic E-state index is 0.0346. The third-order valence-corrected chi connectivity index (χ3v) is 5.13. The number of carbonyl (C=O) groups is 2. The van der Waals surface area contributed by atoms with Gasteiger partial charge in [0.15, 0.2) is 0 Å². The summed E-state index contributed by atoms with van der Waals surface area (Å²) in [5.41, 5.74) is 2.34. The van der Waals surface area contributed by atoms with Crippen LogP contribution in [0.15, 0.2) is 47.4 Å². The maximum atomic E-state index is 12.9. The SMILES string of the molecule is CCN(Cc1ccc(OC)cc1)C(=O)c1ccc2c(c1)NC(=O)CS2. The van der Waals surface area contributed by atoms with Gasteiger partial charge >= 0.3 is 0 Å². The largest absolute Gasteiger partial charge is 0.497 e. The Morgan fingerprint density at radius 1 is 1.24 bits per heavy atom. The molecule has 2 aromatic rings. The predicted octanol–water partition coefficient (Wildman–Crippen LogP) is 3.40. The number of rotatable bonds is 5. The van der Waals surface area contributed by atoms with E-state index in [1.54, 1.807) is 18.1 Å². The van der Waals surface area contributed by atoms with Gasteiger partial charge in [0.2, 0.25) is 5.91 Å². The second-order valence-corrected chi connectivity index (χ2v) is 6.73. The van der Waals surface area contributed by atoms with Gasteiger partial charge in [-0.1, -0.05) is 12.1 Å². The van der Waals surface area contributed by atoms with Gasteiger partial charge < -0.3 is 15.0 Å². The number of nitrogens with zero attached hydrogens (tertiary/aromatic N) is 1. The number of ether oxygens (including phenoxy) is 1. The van der Waals surface area contributed by atoms with E-state index in [0.29, 0.717) is 30.1 Å². The lowest BCUT2D eigenvalue weighted by atomic mass is 10.1. The lowest BCUT2D eigenvalue weighted by Crippen LogP contribution is -2.30. The Balaban J connectivity index is 1.77. The quantitative estimate of drug-likeness (QED) is 0.892. The van der Waals surface area contributed by atoms with Crippen LogP contribution in [0, 0.1) is 0 Å². The number of hydrogen-bond donors (Lipinski definition) is 1. The monoisotopic (exact) mass is 356 g/mol. The Morgan fingerprint density at radius 2 is 2.00 bits per heavy atom. The molecule has 0 aliphatic carbocycles. The van der Waals surface area contributed by atoms with Crippen molar-refractivity contribution < 1.29 is 14.3 Å². The molecule has 1 aliphatic rings. The van der Waals surface area contributed by atoms with Crippen molar-refractivity contribution in [2.75, 3.05) is 24.7 Å². The van der Waals surface area contributed by atoms with E-state index in [0.717, 1.165) is 16.2 Å². The summed E-state index contributed by atoms with van der Waals surface area (Å²) in [7, 11) is 1.63. The fourth-order valence-corrected chi connectivity index (χ4v) is 3.47. The number of anilines is 1. The van der Waals surface area contributed by atoms with E-state index in [4.69, 9.17) is 4.74 Å². The minimum atomic E-state index is -0.0501. The smallest absolute Gasteiger partial charge is 0.254 e. The van der Waals surface area contributed by atoms with Crippen LogP contribution in [0.3, 0.4) is 0 Å². The van der Waals surface area contributed by atoms with E-state index >= 15 is 0 Å². The molecule has 1 N–H and O–H groups in total. The van der Waals surface area contributed by atoms with Crippen molar-refractivity contribution in [3.63, 3.8) is 0 Å². The molecule has 0 spiro atoms. The normalized spacial score (nSPS) is 13.0. The number of methoxy groups -OCH3 is 1. The first kappa shape index (κ1) is 17.4. The van der Waals surface area contributed by atoms with Crippen LogP contribution < -0.4 is 10.1 Å². The molecule has 0 saturated heterocycles. The Labute approximate surface area is 151 Å². The molecule has 130 valence electrons. The maximum absolute atomic E-state index is 12.9. The molecule has 0 unspecified atom stereocenters. The fraction of sp³-hybridized carbons (Fsp3) is 0.263. The zero-order valence-corrected chi connectivity index (χ0v) is 15.1. The highest BCUT2D eigenvalue weighted by molar-refractivity contribution is 8.00. The van der Waals surface area contributed by atoms with Crippen molar-refractivity contribution in [1.82, 2.24) is 4.90 Å². The standard InChI is InChI=1S/C19H20N2O3S/c1-3-21(11-13-4-7-15(24-2)8-5-13)19(23)14-6-9-17-16(10-14)20-18(22)12-25-17/h4-10H,3,11-12H2,1-2H3,(H,20,22). The van der Waals surface area contributed by atoms with E-state index in [9.17, 15) is 9.59 Å². The van der Waals surface area contributed by atoms with Crippen molar-refractivity contribution in [3.05, 3.63) is 53.6 Å². The van der Waals surface area contributed by atoms with E-state index in [1.807, 2.05) is 43.3 Å². The van der Waals surface area contributed by atoms with Crippen LogP contribution in [-0.2, 0) is 11.3 Å². The number of fused-ring (bicyclic) bond motifs is 1. The second-order valence-electron chi connectivity index (χ2n) is 5.72. The van der Waals surface area contributed by atoms with Crippen molar-refractivity contribution in [2.24, 2.45) is 0 Å². The molecule has 0 bridgehead atoms. The number of amides is 2. The number of hydrogen-bond acceptors (Lipinski definition) is 4. The average molecular weight is 356 g/mol. The lowest BCUT2D eigenvalue weighted by Gasteiger charge is -2.23. The first-order valence-corrected chi connectivity index (χ1v) is 9.08. The Kier molecular flexibility index (Phi) is 5.28. The summed E-state index contributed by atoms with van der Waals surface area (Å²) in [5, 5.41) is 2.83. The van der Waals surface area contributed by atoms with Crippen LogP contribution in [0.25, 0.3) is 0 Å². The highest BCUT2D eigenvalue weighted by Crippen LogP contribution is 2.32. The van der Waals surface area contributed by atoms with Gasteiger partial charge in [0, 0.05) is 23.5 Å². The van der Waals surface area contributed by atoms with Crippen LogP contribution in [0.1, 0.15) is 22.8 Å². The fourth-order valence-electron chi connectivity index (χ4n) is 2.68. The first-order chi connectivity index (χ1) is 12.1. The molecule has 5 nitrogen and oxygen atoms in total. The molecule has 0 aromatic heterocycles. The van der Waals surface area contributed by atoms with Gasteiger partial charge in [-0.2, -0.15) is 0 Å². The van der Waals surface area contributed by atoms with Crippen molar-refractivity contribution in [3.8, 4) is 5.75 Å². The minimum Gasteiger partial charge on any atom is -0.497 e. The number of carbonyl (C=O) groups excluding carboxylic acids is 2. The van der Waals surface area contributed by atoms with Gasteiger partial charge in [0.05, 0.1) is 18.6 Å². The lowest BCUT2D eigenvalue weighted by molar-refractivity contribution is -0.113. The van der Waals surface area contributed by atoms with Crippen LogP contribution in [0.2, 0.25) is 0 Å². The summed E-state index contributed by atoms with van der Waals surface area (Å²) in [6, 6.07) is 13.2. The van der Waals surface area contributed by atoms with Crippen molar-refractivity contribution in [1.29, 1.82) is 0 Å². The zero-order valence-electron chi connectivity index (χ0n) is 14.2. The summed E-state index contributed by atoms with van der Waals surface area (Å²) < 4.78 is 5.16. The molecule has 0 radical (unpaired) electrons. The van der Waals surface area contributed by atoms with E-state index in [-0.39, 0.29) is 11.8 Å². The van der Waals surface area contributed by atoms with Crippen molar-refractivity contribution in [2.45, 2.75) is 18.4 Å². The van der Waals surface area contributed by atoms with Gasteiger partial charge in [-0.05, 0) is 42.8 Å². The molecule has 0 fully saturated rings. The molecule has 0 saturated carbocycles. The third kappa shape index (κ3) is 3.96. The van der Waals surface area contributed by atoms with Crippen LogP contribution in [-0.4, -0.2) is 36.1 Å². The maximum Gasteiger partial charge on any atom is 0.254 e. The highest BCUT2D eigenvalue weighted by atomic mass is 32.2. The van der Waals surface area contributed by atoms with E-state index in [1.165, 1.54) is 11.8 Å². The highest BCUT2D eigenvalue weighted by Gasteiger charge is 2.20. The molecule has 1 aliphatic heterocycles. The third-order valence-electron chi connectivity index (χ3n) is 4.06. The average Bonchev–Trinajstić information content (AvgIpc) is 2.65. The summed E-state index contributed by atoms with van der Waals surface area (Å²) in [4.78, 5) is 27.2. The molecular weight excluding hydrogens is 336 g/mol. The molecule has 6 heteroatoms. The summed E-state index contributed by atoms with van der Waals surface area (Å²) in [6.07, 6.45) is 0. The van der Waals surface area contributed by atoms with Crippen LogP contribution >= 0.6 is 11.8 Å². The van der Waals surface area contributed by atoms with Gasteiger partial charge in [-0.25, -0.2) is 0 Å². The van der Waals surface area contributed by atoms with E-state index in [2.05, 4.69) is 5.32 Å². The summed E-state index contributed by atoms with van der Waals surface area (Å²) in [5.74, 6) is 1.12. The predicted molar refractivity (Wildman–Crippen MR) is 99.2 cm³/mol. The van der Waals surface area contributed by atoms with Crippen molar-refractivity contribution >= 4 is 29.3 Å². The molecule has 3 rings (SSSR count). The van der Waals surface area contributed by atoms with Gasteiger partial charge in [-0.3, -0.25) is 9.59 Å². The Morgan fingerprint density at radius 3 is 2.68 bits per heavy atom. The topological polar surface area (TPSA) is 58.6 Å². The summed E-state index contributed by atoms with van der Waals surface area (Å²) >= 11 is 1.49. The van der Waals surface area contributed by atoms with E-state index < -0.39 is 0 Å². The van der Waals surface area contributed by atoms with Gasteiger partial charge in [-0.15, -0.1) is 11.8 Å². The molecule has 0 atom stereocenters. The molecule has 25 heavy (non-hydrogen) atoms. The molecule has 2 amide bonds. The molecule has 1 heterocycles. The van der Waals surface area contributed by atoms with Gasteiger partial charge in [0.1, 0.15) is 5.75 Å². The number of benzene rings is 2. The van der Waals surface area contributed by atoms with Crippen LogP contribution in [0.4, 0.5) is 5.69 Å². The first-order valence-electron chi connectivity index (χ1n) is 8.09.